The van der Waals surface area contributed by atoms with Gasteiger partial charge in [-0.05, 0) is 41.9 Å². The van der Waals surface area contributed by atoms with Gasteiger partial charge in [0, 0.05) is 34.5 Å². The minimum absolute atomic E-state index is 0.391. The Morgan fingerprint density at radius 3 is 2.26 bits per heavy atom. The van der Waals surface area contributed by atoms with E-state index in [0.29, 0.717) is 22.8 Å². The summed E-state index contributed by atoms with van der Waals surface area (Å²) in [6.45, 7) is 6.23. The zero-order valence-corrected chi connectivity index (χ0v) is 19.5. The lowest BCUT2D eigenvalue weighted by molar-refractivity contribution is 0.527. The van der Waals surface area contributed by atoms with Crippen LogP contribution in [0.25, 0.3) is 44.2 Å². The monoisotopic (exact) mass is 465 g/mol. The summed E-state index contributed by atoms with van der Waals surface area (Å²) in [6, 6.07) is 24.5. The maximum absolute atomic E-state index is 6.24. The van der Waals surface area contributed by atoms with Crippen molar-refractivity contribution in [2.45, 2.75) is 6.92 Å². The van der Waals surface area contributed by atoms with Crippen molar-refractivity contribution in [3.05, 3.63) is 103 Å². The number of aryl methyl sites for hydroxylation is 1. The summed E-state index contributed by atoms with van der Waals surface area (Å²) in [5.41, 5.74) is 9.90. The van der Waals surface area contributed by atoms with Crippen molar-refractivity contribution < 1.29 is 8.83 Å². The fourth-order valence-electron chi connectivity index (χ4n) is 4.05. The zero-order valence-electron chi connectivity index (χ0n) is 18.7. The maximum Gasteiger partial charge on any atom is 0.237 e. The number of hydrogen-bond donors (Lipinski definition) is 2. The van der Waals surface area contributed by atoms with Crippen molar-refractivity contribution in [1.82, 2.24) is 10.7 Å². The number of fused-ring (bicyclic) bond motifs is 2. The van der Waals surface area contributed by atoms with Crippen molar-refractivity contribution in [3.63, 3.8) is 0 Å². The minimum atomic E-state index is 0.391. The van der Waals surface area contributed by atoms with Crippen LogP contribution in [0, 0.1) is 6.92 Å². The predicted octanol–water partition coefficient (Wildman–Crippen LogP) is 6.29. The molecule has 2 heterocycles. The number of rotatable bonds is 5. The van der Waals surface area contributed by atoms with Gasteiger partial charge in [0.15, 0.2) is 5.11 Å². The largest absolute Gasteiger partial charge is 0.463 e. The summed E-state index contributed by atoms with van der Waals surface area (Å²) in [5.74, 6) is 0. The average molecular weight is 466 g/mol. The second-order valence-corrected chi connectivity index (χ2v) is 8.27. The van der Waals surface area contributed by atoms with E-state index in [0.717, 1.165) is 44.2 Å². The van der Waals surface area contributed by atoms with Crippen LogP contribution >= 0.6 is 12.2 Å². The summed E-state index contributed by atoms with van der Waals surface area (Å²) in [5, 5.41) is 9.80. The molecule has 0 aliphatic heterocycles. The van der Waals surface area contributed by atoms with Crippen LogP contribution in [0.3, 0.4) is 0 Å². The molecule has 3 aromatic carbocycles. The van der Waals surface area contributed by atoms with Gasteiger partial charge in [-0.15, -0.1) is 11.7 Å². The number of thiocarbonyl (C=S) groups is 1. The number of furan rings is 1. The molecule has 0 amide bonds. The second kappa shape index (κ2) is 9.37. The Bertz CT molecular complexity index is 1570. The van der Waals surface area contributed by atoms with Gasteiger partial charge >= 0.3 is 0 Å². The highest BCUT2D eigenvalue weighted by atomic mass is 32.1. The standard InChI is InChI=1S/C28H23N3O2S/c1-3-14-29-28(34)31-30-25-16-21(19-10-6-4-7-11-19)22-15-23-24(20-12-8-5-9-13-20)17-32-26(23)18(2)27(22)33-25/h3-13,15-17H,1,14H2,2H3,(H2,29,31,34). The van der Waals surface area contributed by atoms with Crippen LogP contribution in [-0.4, -0.2) is 11.7 Å². The van der Waals surface area contributed by atoms with Gasteiger partial charge < -0.3 is 14.2 Å². The van der Waals surface area contributed by atoms with E-state index in [-0.39, 0.29) is 0 Å². The molecule has 0 bridgehead atoms. The van der Waals surface area contributed by atoms with E-state index in [1.165, 1.54) is 0 Å². The molecule has 0 saturated heterocycles. The first kappa shape index (κ1) is 21.7. The molecule has 0 saturated carbocycles. The van der Waals surface area contributed by atoms with Gasteiger partial charge in [0.2, 0.25) is 5.55 Å². The molecular formula is C28H23N3O2S. The van der Waals surface area contributed by atoms with Gasteiger partial charge in [0.05, 0.1) is 6.26 Å². The molecular weight excluding hydrogens is 442 g/mol. The number of nitrogens with one attached hydrogen (secondary N) is 2. The molecule has 0 aliphatic rings. The van der Waals surface area contributed by atoms with Gasteiger partial charge in [0.1, 0.15) is 11.2 Å². The SMILES string of the molecule is C=CCNC(=S)NN=c1cc(-c2ccccc2)c2cc3c(-c4ccccc4)coc3c(C)c2o1. The molecule has 0 fully saturated rings. The lowest BCUT2D eigenvalue weighted by Gasteiger charge is -2.10. The Hall–Kier alpha value is -4.16. The van der Waals surface area contributed by atoms with Crippen molar-refractivity contribution in [2.75, 3.05) is 6.54 Å². The first-order valence-electron chi connectivity index (χ1n) is 10.9. The molecule has 34 heavy (non-hydrogen) atoms. The van der Waals surface area contributed by atoms with Crippen LogP contribution in [0.15, 0.2) is 106 Å². The molecule has 5 rings (SSSR count). The highest BCUT2D eigenvalue weighted by Gasteiger charge is 2.17. The van der Waals surface area contributed by atoms with E-state index < -0.39 is 0 Å². The van der Waals surface area contributed by atoms with Gasteiger partial charge in [-0.3, -0.25) is 5.43 Å². The van der Waals surface area contributed by atoms with E-state index in [2.05, 4.69) is 52.8 Å². The molecule has 5 aromatic rings. The first-order chi connectivity index (χ1) is 16.7. The van der Waals surface area contributed by atoms with Crippen molar-refractivity contribution in [3.8, 4) is 22.3 Å². The van der Waals surface area contributed by atoms with Crippen LogP contribution in [0.1, 0.15) is 5.56 Å². The fraction of sp³-hybridized carbons (Fsp3) is 0.0714. The summed E-state index contributed by atoms with van der Waals surface area (Å²) in [7, 11) is 0. The van der Waals surface area contributed by atoms with Crippen LogP contribution in [0.4, 0.5) is 0 Å². The number of nitrogens with zero attached hydrogens (tertiary/aromatic N) is 1. The molecule has 2 N–H and O–H groups in total. The Labute approximate surface area is 202 Å². The Balaban J connectivity index is 1.74. The Morgan fingerprint density at radius 1 is 0.941 bits per heavy atom. The molecule has 0 atom stereocenters. The predicted molar refractivity (Wildman–Crippen MR) is 141 cm³/mol. The Morgan fingerprint density at radius 2 is 1.59 bits per heavy atom. The lowest BCUT2D eigenvalue weighted by atomic mass is 9.96. The summed E-state index contributed by atoms with van der Waals surface area (Å²) in [6.07, 6.45) is 3.54. The van der Waals surface area contributed by atoms with Crippen molar-refractivity contribution in [1.29, 1.82) is 0 Å². The normalized spacial score (nSPS) is 11.6. The second-order valence-electron chi connectivity index (χ2n) is 7.86. The first-order valence-corrected chi connectivity index (χ1v) is 11.3. The molecule has 0 radical (unpaired) electrons. The number of benzene rings is 3. The third kappa shape index (κ3) is 4.11. The highest BCUT2D eigenvalue weighted by Crippen LogP contribution is 2.38. The number of hydrogen-bond acceptors (Lipinski definition) is 4. The maximum atomic E-state index is 6.24. The van der Waals surface area contributed by atoms with E-state index >= 15 is 0 Å². The van der Waals surface area contributed by atoms with E-state index in [1.807, 2.05) is 55.7 Å². The van der Waals surface area contributed by atoms with Crippen LogP contribution in [0.5, 0.6) is 0 Å². The van der Waals surface area contributed by atoms with E-state index in [1.54, 1.807) is 6.08 Å². The van der Waals surface area contributed by atoms with E-state index in [9.17, 15) is 0 Å². The average Bonchev–Trinajstić information content (AvgIpc) is 3.31. The van der Waals surface area contributed by atoms with E-state index in [4.69, 9.17) is 21.1 Å². The third-order valence-electron chi connectivity index (χ3n) is 5.65. The summed E-state index contributed by atoms with van der Waals surface area (Å²) >= 11 is 5.26. The molecule has 0 unspecified atom stereocenters. The summed E-state index contributed by atoms with van der Waals surface area (Å²) in [4.78, 5) is 0. The van der Waals surface area contributed by atoms with Crippen LogP contribution in [-0.2, 0) is 0 Å². The molecule has 2 aromatic heterocycles. The third-order valence-corrected chi connectivity index (χ3v) is 5.89. The molecule has 0 spiro atoms. The molecule has 0 aliphatic carbocycles. The van der Waals surface area contributed by atoms with Crippen LogP contribution < -0.4 is 16.3 Å². The van der Waals surface area contributed by atoms with Crippen molar-refractivity contribution in [2.24, 2.45) is 5.10 Å². The molecule has 5 nitrogen and oxygen atoms in total. The zero-order chi connectivity index (χ0) is 23.5. The van der Waals surface area contributed by atoms with Gasteiger partial charge in [-0.1, -0.05) is 66.7 Å². The van der Waals surface area contributed by atoms with Gasteiger partial charge in [0.25, 0.3) is 0 Å². The topological polar surface area (TPSA) is 62.7 Å². The lowest BCUT2D eigenvalue weighted by Crippen LogP contribution is -2.33. The highest BCUT2D eigenvalue weighted by molar-refractivity contribution is 7.80. The van der Waals surface area contributed by atoms with Crippen molar-refractivity contribution >= 4 is 39.3 Å². The van der Waals surface area contributed by atoms with Gasteiger partial charge in [-0.2, -0.15) is 0 Å². The smallest absolute Gasteiger partial charge is 0.237 e. The Kier molecular flexibility index (Phi) is 5.97. The minimum Gasteiger partial charge on any atom is -0.463 e. The van der Waals surface area contributed by atoms with Gasteiger partial charge in [-0.25, -0.2) is 0 Å². The summed E-state index contributed by atoms with van der Waals surface area (Å²) < 4.78 is 12.3. The fourth-order valence-corrected chi connectivity index (χ4v) is 4.17. The molecule has 6 heteroatoms. The molecule has 168 valence electrons. The quantitative estimate of drug-likeness (QED) is 0.182. The van der Waals surface area contributed by atoms with Crippen LogP contribution in [0.2, 0.25) is 0 Å².